The lowest BCUT2D eigenvalue weighted by atomic mass is 9.84. The van der Waals surface area contributed by atoms with Gasteiger partial charge in [0, 0.05) is 11.1 Å². The predicted molar refractivity (Wildman–Crippen MR) is 143 cm³/mol. The molecule has 1 heterocycles. The van der Waals surface area contributed by atoms with E-state index in [9.17, 15) is 18.9 Å². The third-order valence-electron chi connectivity index (χ3n) is 6.10. The molecule has 0 saturated carbocycles. The first-order chi connectivity index (χ1) is 17.7. The minimum absolute atomic E-state index is 0.141. The Kier molecular flexibility index (Phi) is 9.81. The first-order valence-corrected chi connectivity index (χ1v) is 13.3. The van der Waals surface area contributed by atoms with Crippen LogP contribution in [0.1, 0.15) is 55.6 Å². The van der Waals surface area contributed by atoms with E-state index in [1.54, 1.807) is 12.1 Å². The van der Waals surface area contributed by atoms with Crippen LogP contribution in [0, 0.1) is 5.82 Å². The van der Waals surface area contributed by atoms with E-state index in [2.05, 4.69) is 6.58 Å². The molecule has 6 nitrogen and oxygen atoms in total. The molecule has 3 rings (SSSR count). The molecule has 0 aliphatic rings. The zero-order valence-electron chi connectivity index (χ0n) is 21.5. The molecule has 8 heteroatoms. The Morgan fingerprint density at radius 2 is 1.78 bits per heavy atom. The average molecular weight is 525 g/mol. The van der Waals surface area contributed by atoms with Gasteiger partial charge in [-0.05, 0) is 45.7 Å². The van der Waals surface area contributed by atoms with Gasteiger partial charge in [0.25, 0.3) is 0 Å². The molecule has 0 fully saturated rings. The van der Waals surface area contributed by atoms with Crippen LogP contribution >= 0.6 is 8.03 Å². The van der Waals surface area contributed by atoms with E-state index < -0.39 is 38.0 Å². The van der Waals surface area contributed by atoms with E-state index in [0.717, 1.165) is 23.1 Å². The maximum Gasteiger partial charge on any atom is 0.518 e. The number of hydrogen-bond donors (Lipinski definition) is 1. The van der Waals surface area contributed by atoms with Gasteiger partial charge in [0.15, 0.2) is 0 Å². The summed E-state index contributed by atoms with van der Waals surface area (Å²) in [7, 11) is -1.19. The molecule has 0 radical (unpaired) electrons. The molecule has 0 saturated heterocycles. The molecule has 1 N–H and O–H groups in total. The number of aromatic nitrogens is 1. The first-order valence-electron chi connectivity index (χ1n) is 12.1. The number of halogens is 1. The quantitative estimate of drug-likeness (QED) is 0.163. The molecular weight excluding hydrogens is 492 g/mol. The molecule has 3 aromatic rings. The second-order valence-corrected chi connectivity index (χ2v) is 10.3. The van der Waals surface area contributed by atoms with E-state index in [4.69, 9.17) is 14.2 Å². The third kappa shape index (κ3) is 6.37. The van der Waals surface area contributed by atoms with E-state index in [0.29, 0.717) is 28.8 Å². The highest BCUT2D eigenvalue weighted by Gasteiger charge is 2.46. The van der Waals surface area contributed by atoms with Crippen LogP contribution in [0.25, 0.3) is 22.4 Å². The van der Waals surface area contributed by atoms with Crippen LogP contribution < -0.4 is 0 Å². The number of ether oxygens (including phenoxy) is 1. The van der Waals surface area contributed by atoms with Crippen molar-refractivity contribution >= 4 is 14.0 Å². The summed E-state index contributed by atoms with van der Waals surface area (Å²) < 4.78 is 37.4. The fourth-order valence-corrected chi connectivity index (χ4v) is 5.58. The molecule has 0 spiro atoms. The van der Waals surface area contributed by atoms with Crippen molar-refractivity contribution < 1.29 is 28.1 Å². The van der Waals surface area contributed by atoms with Crippen molar-refractivity contribution in [3.8, 4) is 22.4 Å². The number of rotatable bonds is 11. The molecule has 0 bridgehead atoms. The Labute approximate surface area is 218 Å². The van der Waals surface area contributed by atoms with E-state index in [-0.39, 0.29) is 5.92 Å². The van der Waals surface area contributed by atoms with Crippen LogP contribution in [0.15, 0.2) is 67.4 Å². The van der Waals surface area contributed by atoms with Crippen molar-refractivity contribution in [1.82, 2.24) is 4.98 Å². The van der Waals surface area contributed by atoms with Gasteiger partial charge in [-0.1, -0.05) is 69.8 Å². The Balaban J connectivity index is 2.44. The van der Waals surface area contributed by atoms with Gasteiger partial charge in [0.1, 0.15) is 11.9 Å². The lowest BCUT2D eigenvalue weighted by molar-refractivity contribution is -0.140. The van der Waals surface area contributed by atoms with Gasteiger partial charge in [0.2, 0.25) is 5.66 Å². The van der Waals surface area contributed by atoms with Gasteiger partial charge < -0.3 is 9.84 Å². The van der Waals surface area contributed by atoms with E-state index >= 15 is 0 Å². The number of carbonyl (C=O) groups excluding carboxylic acids is 1. The van der Waals surface area contributed by atoms with Crippen LogP contribution in [-0.4, -0.2) is 29.3 Å². The van der Waals surface area contributed by atoms with Crippen molar-refractivity contribution in [3.63, 3.8) is 0 Å². The number of nitrogens with zero attached hydrogens (tertiary/aromatic N) is 1. The summed E-state index contributed by atoms with van der Waals surface area (Å²) in [6.07, 6.45) is -0.291. The molecule has 194 valence electrons. The molecule has 0 aliphatic carbocycles. The van der Waals surface area contributed by atoms with Crippen molar-refractivity contribution in [2.45, 2.75) is 51.3 Å². The molecule has 37 heavy (non-hydrogen) atoms. The Morgan fingerprint density at radius 1 is 1.14 bits per heavy atom. The number of carbonyl (C=O) groups is 1. The summed E-state index contributed by atoms with van der Waals surface area (Å²) in [5.41, 5.74) is 3.90. The maximum absolute atomic E-state index is 13.9. The summed E-state index contributed by atoms with van der Waals surface area (Å²) in [5, 5.41) is 11.2. The largest absolute Gasteiger partial charge is 0.518 e. The van der Waals surface area contributed by atoms with Gasteiger partial charge in [0.05, 0.1) is 31.2 Å². The highest BCUT2D eigenvalue weighted by atomic mass is 31.1. The maximum atomic E-state index is 13.9. The van der Waals surface area contributed by atoms with Crippen molar-refractivity contribution in [3.05, 3.63) is 90.1 Å². The molecule has 3 atom stereocenters. The Hall–Kier alpha value is -3.25. The fraction of sp³-hybridized carbons (Fsp3) is 0.310. The molecule has 0 aliphatic heterocycles. The van der Waals surface area contributed by atoms with Gasteiger partial charge in [-0.3, -0.25) is 9.78 Å². The predicted octanol–water partition coefficient (Wildman–Crippen LogP) is 7.11. The number of pyridine rings is 1. The minimum Gasteiger partial charge on any atom is -0.435 e. The highest BCUT2D eigenvalue weighted by molar-refractivity contribution is 7.39. The standard InChI is InChI=1S/C29H32FNO5P/c1-6-22-25(19-13-15-21(30)16-14-19)26(29(37(34)35-5)23(32)17-24(33)36-7-2)27(18(3)4)31-28(22)20-11-9-8-10-12-20/h7-16,18,23,29,32H,2,6,17H2,1,3-5H3/q+1. The molecular formula is C29H32FNO5P+. The number of aliphatic hydroxyl groups is 1. The third-order valence-corrected chi connectivity index (χ3v) is 7.52. The van der Waals surface area contributed by atoms with Gasteiger partial charge in [-0.15, -0.1) is 4.52 Å². The summed E-state index contributed by atoms with van der Waals surface area (Å²) in [5.74, 6) is -1.25. The van der Waals surface area contributed by atoms with Crippen LogP contribution in [0.3, 0.4) is 0 Å². The van der Waals surface area contributed by atoms with E-state index in [1.807, 2.05) is 51.1 Å². The summed E-state index contributed by atoms with van der Waals surface area (Å²) in [6.45, 7) is 9.27. The second kappa shape index (κ2) is 12.8. The summed E-state index contributed by atoms with van der Waals surface area (Å²) >= 11 is 0. The summed E-state index contributed by atoms with van der Waals surface area (Å²) in [6, 6.07) is 15.7. The lowest BCUT2D eigenvalue weighted by Crippen LogP contribution is -2.24. The first kappa shape index (κ1) is 28.3. The van der Waals surface area contributed by atoms with Crippen molar-refractivity contribution in [2.24, 2.45) is 0 Å². The van der Waals surface area contributed by atoms with Gasteiger partial charge in [-0.25, -0.2) is 4.39 Å². The zero-order chi connectivity index (χ0) is 27.1. The van der Waals surface area contributed by atoms with Crippen LogP contribution in [0.2, 0.25) is 0 Å². The smallest absolute Gasteiger partial charge is 0.435 e. The minimum atomic E-state index is -2.48. The lowest BCUT2D eigenvalue weighted by Gasteiger charge is -2.25. The molecule has 2 aromatic carbocycles. The second-order valence-electron chi connectivity index (χ2n) is 8.83. The summed E-state index contributed by atoms with van der Waals surface area (Å²) in [4.78, 5) is 17.3. The molecule has 0 amide bonds. The Bertz CT molecular complexity index is 1260. The molecule has 1 aromatic heterocycles. The zero-order valence-corrected chi connectivity index (χ0v) is 22.4. The SMILES string of the molecule is C=COC(=O)CC(O)C(c1c(C(C)C)nc(-c2ccccc2)c(CC)c1-c1ccc(F)cc1)[P+](=O)OC. The van der Waals surface area contributed by atoms with Crippen LogP contribution in [-0.2, 0) is 25.0 Å². The van der Waals surface area contributed by atoms with E-state index in [1.165, 1.54) is 19.2 Å². The van der Waals surface area contributed by atoms with Crippen molar-refractivity contribution in [1.29, 1.82) is 0 Å². The Morgan fingerprint density at radius 3 is 2.32 bits per heavy atom. The number of esters is 1. The number of benzene rings is 2. The fourth-order valence-electron chi connectivity index (χ4n) is 4.50. The van der Waals surface area contributed by atoms with Crippen molar-refractivity contribution in [2.75, 3.05) is 7.11 Å². The monoisotopic (exact) mass is 524 g/mol. The van der Waals surface area contributed by atoms with Crippen LogP contribution in [0.5, 0.6) is 0 Å². The highest BCUT2D eigenvalue weighted by Crippen LogP contribution is 2.52. The van der Waals surface area contributed by atoms with Gasteiger partial charge in [-0.2, -0.15) is 0 Å². The molecule has 3 unspecified atom stereocenters. The average Bonchev–Trinajstić information content (AvgIpc) is 2.89. The number of hydrogen-bond acceptors (Lipinski definition) is 6. The number of aliphatic hydroxyl groups excluding tert-OH is 1. The topological polar surface area (TPSA) is 85.7 Å². The normalized spacial score (nSPS) is 13.2. The van der Waals surface area contributed by atoms with Crippen LogP contribution in [0.4, 0.5) is 4.39 Å². The van der Waals surface area contributed by atoms with Gasteiger partial charge >= 0.3 is 14.0 Å².